The zero-order valence-corrected chi connectivity index (χ0v) is 17.5. The molecule has 0 spiro atoms. The van der Waals surface area contributed by atoms with Crippen LogP contribution in [0, 0.1) is 0 Å². The van der Waals surface area contributed by atoms with E-state index < -0.39 is 12.1 Å². The van der Waals surface area contributed by atoms with Gasteiger partial charge in [0.1, 0.15) is 0 Å². The van der Waals surface area contributed by atoms with Crippen molar-refractivity contribution in [3.8, 4) is 0 Å². The molecule has 2 aromatic carbocycles. The number of carbonyl (C=O) groups excluding carboxylic acids is 1. The van der Waals surface area contributed by atoms with Gasteiger partial charge in [-0.3, -0.25) is 14.6 Å². The quantitative estimate of drug-likeness (QED) is 0.738. The molecule has 2 heterocycles. The number of rotatable bonds is 4. The van der Waals surface area contributed by atoms with Crippen LogP contribution in [0.5, 0.6) is 0 Å². The summed E-state index contributed by atoms with van der Waals surface area (Å²) in [7, 11) is 0. The number of nitrogens with zero attached hydrogens (tertiary/aromatic N) is 3. The number of hydrogen-bond donors (Lipinski definition) is 0. The SMILES string of the molecule is O=C(N1CCN([C@H]2CCN(Cc3ccccc3)C[C@H]2c2ccccc2)CC1)C(F)(F)F. The lowest BCUT2D eigenvalue weighted by Crippen LogP contribution is -2.58. The smallest absolute Gasteiger partial charge is 0.332 e. The highest BCUT2D eigenvalue weighted by molar-refractivity contribution is 5.81. The third-order valence-corrected chi connectivity index (χ3v) is 6.45. The van der Waals surface area contributed by atoms with Crippen LogP contribution in [0.1, 0.15) is 23.5 Å². The van der Waals surface area contributed by atoms with E-state index in [-0.39, 0.29) is 25.0 Å². The van der Waals surface area contributed by atoms with E-state index in [1.54, 1.807) is 0 Å². The Kier molecular flexibility index (Phi) is 6.62. The topological polar surface area (TPSA) is 26.8 Å². The van der Waals surface area contributed by atoms with E-state index in [2.05, 4.69) is 46.2 Å². The summed E-state index contributed by atoms with van der Waals surface area (Å²) in [6.45, 7) is 3.97. The molecule has 2 aromatic rings. The minimum atomic E-state index is -4.79. The molecule has 2 aliphatic heterocycles. The van der Waals surface area contributed by atoms with Crippen LogP contribution in [0.2, 0.25) is 0 Å². The second kappa shape index (κ2) is 9.40. The second-order valence-corrected chi connectivity index (χ2v) is 8.42. The van der Waals surface area contributed by atoms with E-state index in [9.17, 15) is 18.0 Å². The molecule has 2 atom stereocenters. The Morgan fingerprint density at radius 1 is 0.871 bits per heavy atom. The summed E-state index contributed by atoms with van der Waals surface area (Å²) < 4.78 is 38.3. The van der Waals surface area contributed by atoms with Crippen LogP contribution in [-0.2, 0) is 11.3 Å². The van der Waals surface area contributed by atoms with Crippen molar-refractivity contribution in [2.75, 3.05) is 39.3 Å². The number of alkyl halides is 3. The first-order chi connectivity index (χ1) is 14.9. The second-order valence-electron chi connectivity index (χ2n) is 8.42. The van der Waals surface area contributed by atoms with Gasteiger partial charge in [0.05, 0.1) is 0 Å². The molecular formula is C24H28F3N3O. The fourth-order valence-corrected chi connectivity index (χ4v) is 4.89. The molecule has 2 saturated heterocycles. The van der Waals surface area contributed by atoms with E-state index >= 15 is 0 Å². The van der Waals surface area contributed by atoms with Gasteiger partial charge in [-0.1, -0.05) is 60.7 Å². The van der Waals surface area contributed by atoms with Gasteiger partial charge >= 0.3 is 12.1 Å². The van der Waals surface area contributed by atoms with Gasteiger partial charge in [0, 0.05) is 57.8 Å². The van der Waals surface area contributed by atoms with Crippen molar-refractivity contribution >= 4 is 5.91 Å². The predicted molar refractivity (Wildman–Crippen MR) is 114 cm³/mol. The van der Waals surface area contributed by atoms with Crippen LogP contribution in [0.25, 0.3) is 0 Å². The molecule has 0 N–H and O–H groups in total. The lowest BCUT2D eigenvalue weighted by Gasteiger charge is -2.47. The Hall–Kier alpha value is -2.38. The first-order valence-corrected chi connectivity index (χ1v) is 10.8. The van der Waals surface area contributed by atoms with Crippen molar-refractivity contribution in [1.82, 2.24) is 14.7 Å². The fraction of sp³-hybridized carbons (Fsp3) is 0.458. The molecule has 2 aliphatic rings. The molecule has 4 nitrogen and oxygen atoms in total. The van der Waals surface area contributed by atoms with Gasteiger partial charge in [-0.05, 0) is 17.5 Å². The third kappa shape index (κ3) is 5.28. The highest BCUT2D eigenvalue weighted by Crippen LogP contribution is 2.32. The van der Waals surface area contributed by atoms with Crippen LogP contribution in [0.3, 0.4) is 0 Å². The highest BCUT2D eigenvalue weighted by atomic mass is 19.4. The van der Waals surface area contributed by atoms with Crippen LogP contribution in [-0.4, -0.2) is 72.1 Å². The summed E-state index contributed by atoms with van der Waals surface area (Å²) in [6, 6.07) is 21.1. The van der Waals surface area contributed by atoms with Gasteiger partial charge in [0.25, 0.3) is 0 Å². The predicted octanol–water partition coefficient (Wildman–Crippen LogP) is 3.75. The number of amides is 1. The van der Waals surface area contributed by atoms with Gasteiger partial charge in [-0.25, -0.2) is 0 Å². The lowest BCUT2D eigenvalue weighted by atomic mass is 9.84. The summed E-state index contributed by atoms with van der Waals surface area (Å²) in [4.78, 5) is 17.3. The number of hydrogen-bond acceptors (Lipinski definition) is 3. The van der Waals surface area contributed by atoms with Crippen molar-refractivity contribution in [2.45, 2.75) is 31.1 Å². The maximum atomic E-state index is 12.8. The summed E-state index contributed by atoms with van der Waals surface area (Å²) in [5.41, 5.74) is 2.55. The average Bonchev–Trinajstić information content (AvgIpc) is 2.79. The summed E-state index contributed by atoms with van der Waals surface area (Å²) in [5.74, 6) is -1.44. The fourth-order valence-electron chi connectivity index (χ4n) is 4.89. The third-order valence-electron chi connectivity index (χ3n) is 6.45. The van der Waals surface area contributed by atoms with E-state index in [4.69, 9.17) is 0 Å². The Morgan fingerprint density at radius 3 is 2.10 bits per heavy atom. The molecule has 0 aliphatic carbocycles. The molecule has 4 rings (SSSR count). The first-order valence-electron chi connectivity index (χ1n) is 10.8. The zero-order chi connectivity index (χ0) is 21.8. The minimum absolute atomic E-state index is 0.129. The van der Waals surface area contributed by atoms with E-state index in [0.29, 0.717) is 13.1 Å². The van der Waals surface area contributed by atoms with Crippen LogP contribution in [0.15, 0.2) is 60.7 Å². The zero-order valence-electron chi connectivity index (χ0n) is 17.5. The molecule has 166 valence electrons. The Morgan fingerprint density at radius 2 is 1.48 bits per heavy atom. The van der Waals surface area contributed by atoms with E-state index in [1.165, 1.54) is 11.1 Å². The molecule has 0 radical (unpaired) electrons. The largest absolute Gasteiger partial charge is 0.471 e. The molecule has 31 heavy (non-hydrogen) atoms. The van der Waals surface area contributed by atoms with E-state index in [1.807, 2.05) is 24.3 Å². The summed E-state index contributed by atoms with van der Waals surface area (Å²) in [5, 5.41) is 0. The Bertz CT molecular complexity index is 851. The molecule has 1 amide bonds. The monoisotopic (exact) mass is 431 g/mol. The number of carbonyl (C=O) groups is 1. The number of benzene rings is 2. The maximum absolute atomic E-state index is 12.8. The van der Waals surface area contributed by atoms with E-state index in [0.717, 1.165) is 31.0 Å². The molecule has 0 bridgehead atoms. The number of piperidine rings is 1. The van der Waals surface area contributed by atoms with Crippen LogP contribution in [0.4, 0.5) is 13.2 Å². The molecule has 0 unspecified atom stereocenters. The van der Waals surface area contributed by atoms with Crippen LogP contribution < -0.4 is 0 Å². The van der Waals surface area contributed by atoms with Crippen molar-refractivity contribution in [1.29, 1.82) is 0 Å². The van der Waals surface area contributed by atoms with Gasteiger partial charge in [0.15, 0.2) is 0 Å². The van der Waals surface area contributed by atoms with Crippen molar-refractivity contribution in [3.63, 3.8) is 0 Å². The molecule has 0 aromatic heterocycles. The summed E-state index contributed by atoms with van der Waals surface area (Å²) >= 11 is 0. The first kappa shape index (κ1) is 21.8. The van der Waals surface area contributed by atoms with Crippen LogP contribution >= 0.6 is 0 Å². The van der Waals surface area contributed by atoms with Gasteiger partial charge < -0.3 is 4.90 Å². The van der Waals surface area contributed by atoms with Gasteiger partial charge in [-0.15, -0.1) is 0 Å². The van der Waals surface area contributed by atoms with Gasteiger partial charge in [-0.2, -0.15) is 13.2 Å². The lowest BCUT2D eigenvalue weighted by molar-refractivity contribution is -0.187. The van der Waals surface area contributed by atoms with Gasteiger partial charge in [0.2, 0.25) is 0 Å². The number of likely N-dealkylation sites (tertiary alicyclic amines) is 1. The number of halogens is 3. The number of piperazine rings is 1. The molecular weight excluding hydrogens is 403 g/mol. The summed E-state index contributed by atoms with van der Waals surface area (Å²) in [6.07, 6.45) is -3.84. The van der Waals surface area contributed by atoms with Crippen molar-refractivity contribution in [2.24, 2.45) is 0 Å². The highest BCUT2D eigenvalue weighted by Gasteiger charge is 2.44. The molecule has 2 fully saturated rings. The van der Waals surface area contributed by atoms with Crippen molar-refractivity contribution in [3.05, 3.63) is 71.8 Å². The standard InChI is InChI=1S/C24H28F3N3O/c25-24(26,27)23(31)30-15-13-29(14-16-30)22-11-12-28(17-19-7-3-1-4-8-19)18-21(22)20-9-5-2-6-10-20/h1-10,21-22H,11-18H2/t21-,22-/m0/s1. The molecule has 0 saturated carbocycles. The average molecular weight is 432 g/mol. The Balaban J connectivity index is 1.45. The normalized spacial score (nSPS) is 23.6. The maximum Gasteiger partial charge on any atom is 0.471 e. The molecule has 7 heteroatoms. The minimum Gasteiger partial charge on any atom is -0.332 e. The van der Waals surface area contributed by atoms with Crippen molar-refractivity contribution < 1.29 is 18.0 Å². The Labute approximate surface area is 181 Å².